The Morgan fingerprint density at radius 1 is 1.52 bits per heavy atom. The number of aromatic amines is 1. The maximum atomic E-state index is 12.7. The zero-order valence-corrected chi connectivity index (χ0v) is 15.0. The molecular formula is C16H22N4OS2. The highest BCUT2D eigenvalue weighted by Crippen LogP contribution is 2.27. The van der Waals surface area contributed by atoms with Crippen LogP contribution in [0.25, 0.3) is 10.7 Å². The highest BCUT2D eigenvalue weighted by atomic mass is 32.1. The van der Waals surface area contributed by atoms with Crippen molar-refractivity contribution in [2.75, 3.05) is 0 Å². The zero-order valence-electron chi connectivity index (χ0n) is 13.4. The summed E-state index contributed by atoms with van der Waals surface area (Å²) < 4.78 is 2.29. The van der Waals surface area contributed by atoms with Gasteiger partial charge in [-0.25, -0.2) is 0 Å². The largest absolute Gasteiger partial charge is 0.351 e. The lowest BCUT2D eigenvalue weighted by Gasteiger charge is -2.30. The maximum absolute atomic E-state index is 12.7. The number of hydrogen-bond donors (Lipinski definition) is 2. The molecule has 23 heavy (non-hydrogen) atoms. The summed E-state index contributed by atoms with van der Waals surface area (Å²) in [5.74, 6) is 1.28. The van der Waals surface area contributed by atoms with Crippen molar-refractivity contribution >= 4 is 29.5 Å². The third-order valence-electron chi connectivity index (χ3n) is 4.65. The summed E-state index contributed by atoms with van der Waals surface area (Å²) in [5, 5.41) is 12.3. The third-order valence-corrected chi connectivity index (χ3v) is 5.81. The fourth-order valence-corrected chi connectivity index (χ4v) is 4.20. The molecule has 0 spiro atoms. The molecule has 1 saturated carbocycles. The summed E-state index contributed by atoms with van der Waals surface area (Å²) in [6, 6.07) is 3.84. The Labute approximate surface area is 145 Å². The van der Waals surface area contributed by atoms with Crippen molar-refractivity contribution in [1.82, 2.24) is 20.1 Å². The van der Waals surface area contributed by atoms with Gasteiger partial charge in [-0.2, -0.15) is 5.10 Å². The van der Waals surface area contributed by atoms with E-state index in [4.69, 9.17) is 12.2 Å². The van der Waals surface area contributed by atoms with E-state index in [2.05, 4.69) is 22.4 Å². The number of nitrogens with zero attached hydrogens (tertiary/aromatic N) is 2. The van der Waals surface area contributed by atoms with E-state index in [0.717, 1.165) is 17.1 Å². The highest BCUT2D eigenvalue weighted by molar-refractivity contribution is 7.71. The monoisotopic (exact) mass is 350 g/mol. The molecule has 0 aliphatic heterocycles. The second kappa shape index (κ2) is 6.97. The summed E-state index contributed by atoms with van der Waals surface area (Å²) in [7, 11) is 0. The van der Waals surface area contributed by atoms with Gasteiger partial charge >= 0.3 is 0 Å². The molecule has 1 aliphatic rings. The van der Waals surface area contributed by atoms with Crippen LogP contribution in [-0.4, -0.2) is 26.7 Å². The Bertz CT molecular complexity index is 719. The number of rotatable bonds is 4. The van der Waals surface area contributed by atoms with Gasteiger partial charge in [0, 0.05) is 6.04 Å². The second-order valence-electron chi connectivity index (χ2n) is 6.25. The van der Waals surface area contributed by atoms with Gasteiger partial charge in [-0.05, 0) is 49.3 Å². The Morgan fingerprint density at radius 2 is 2.30 bits per heavy atom. The predicted octanol–water partition coefficient (Wildman–Crippen LogP) is 3.93. The third kappa shape index (κ3) is 3.40. The van der Waals surface area contributed by atoms with Gasteiger partial charge in [-0.3, -0.25) is 14.5 Å². The van der Waals surface area contributed by atoms with Crippen molar-refractivity contribution in [3.05, 3.63) is 22.3 Å². The van der Waals surface area contributed by atoms with Crippen LogP contribution in [-0.2, 0) is 4.79 Å². The lowest BCUT2D eigenvalue weighted by atomic mass is 9.86. The molecule has 3 atom stereocenters. The van der Waals surface area contributed by atoms with Gasteiger partial charge in [-0.15, -0.1) is 11.3 Å². The molecule has 2 heterocycles. The molecule has 1 amide bonds. The second-order valence-corrected chi connectivity index (χ2v) is 7.59. The first-order valence-corrected chi connectivity index (χ1v) is 9.38. The summed E-state index contributed by atoms with van der Waals surface area (Å²) in [5.41, 5.74) is 0. The van der Waals surface area contributed by atoms with E-state index >= 15 is 0 Å². The molecule has 1 aliphatic carbocycles. The molecule has 124 valence electrons. The van der Waals surface area contributed by atoms with Crippen LogP contribution >= 0.6 is 23.6 Å². The summed E-state index contributed by atoms with van der Waals surface area (Å²) in [6.45, 7) is 4.10. The van der Waals surface area contributed by atoms with Gasteiger partial charge < -0.3 is 5.32 Å². The molecule has 3 rings (SSSR count). The predicted molar refractivity (Wildman–Crippen MR) is 95.0 cm³/mol. The number of hydrogen-bond acceptors (Lipinski definition) is 4. The maximum Gasteiger partial charge on any atom is 0.243 e. The Kier molecular flexibility index (Phi) is 4.96. The molecule has 0 saturated heterocycles. The minimum atomic E-state index is -0.382. The van der Waals surface area contributed by atoms with E-state index < -0.39 is 0 Å². The van der Waals surface area contributed by atoms with Crippen molar-refractivity contribution < 1.29 is 4.79 Å². The average molecular weight is 351 g/mol. The SMILES string of the molecule is C[C@@H]1CCCC[C@H]1NC(=O)[C@@H](C)n1c(-c2cccs2)n[nH]c1=S. The molecule has 5 nitrogen and oxygen atoms in total. The topological polar surface area (TPSA) is 62.7 Å². The number of H-pyrrole nitrogens is 1. The average Bonchev–Trinajstić information content (AvgIpc) is 3.18. The minimum Gasteiger partial charge on any atom is -0.351 e. The standard InChI is InChI=1S/C16H22N4OS2/c1-10-6-3-4-7-12(10)17-15(21)11(2)20-14(18-19-16(20)22)13-8-5-9-23-13/h5,8-12H,3-4,6-7H2,1-2H3,(H,17,21)(H,19,22)/t10-,11-,12-/m1/s1. The lowest BCUT2D eigenvalue weighted by Crippen LogP contribution is -2.43. The van der Waals surface area contributed by atoms with Crippen LogP contribution in [0.1, 0.15) is 45.6 Å². The van der Waals surface area contributed by atoms with Crippen molar-refractivity contribution in [2.24, 2.45) is 5.92 Å². The number of thiophene rings is 1. The van der Waals surface area contributed by atoms with Crippen molar-refractivity contribution in [1.29, 1.82) is 0 Å². The van der Waals surface area contributed by atoms with Crippen LogP contribution in [0.3, 0.4) is 0 Å². The van der Waals surface area contributed by atoms with Crippen LogP contribution in [0, 0.1) is 10.7 Å². The molecule has 2 aromatic rings. The number of carbonyl (C=O) groups is 1. The van der Waals surface area contributed by atoms with Crippen LogP contribution in [0.2, 0.25) is 0 Å². The lowest BCUT2D eigenvalue weighted by molar-refractivity contribution is -0.125. The fourth-order valence-electron chi connectivity index (χ4n) is 3.19. The van der Waals surface area contributed by atoms with Crippen LogP contribution in [0.4, 0.5) is 0 Å². The van der Waals surface area contributed by atoms with Crippen LogP contribution < -0.4 is 5.32 Å². The Balaban J connectivity index is 1.80. The molecule has 2 N–H and O–H groups in total. The smallest absolute Gasteiger partial charge is 0.243 e. The molecule has 2 aromatic heterocycles. The van der Waals surface area contributed by atoms with Gasteiger partial charge in [0.05, 0.1) is 4.88 Å². The quantitative estimate of drug-likeness (QED) is 0.822. The Hall–Kier alpha value is -1.47. The van der Waals surface area contributed by atoms with E-state index in [1.54, 1.807) is 11.3 Å². The van der Waals surface area contributed by atoms with E-state index in [9.17, 15) is 4.79 Å². The first-order valence-electron chi connectivity index (χ1n) is 8.09. The normalized spacial score (nSPS) is 22.7. The van der Waals surface area contributed by atoms with Gasteiger partial charge in [0.1, 0.15) is 6.04 Å². The molecule has 1 fully saturated rings. The molecule has 0 bridgehead atoms. The van der Waals surface area contributed by atoms with Crippen molar-refractivity contribution in [3.63, 3.8) is 0 Å². The Morgan fingerprint density at radius 3 is 3.00 bits per heavy atom. The molecule has 0 aromatic carbocycles. The van der Waals surface area contributed by atoms with E-state index in [-0.39, 0.29) is 18.0 Å². The number of amides is 1. The fraction of sp³-hybridized carbons (Fsp3) is 0.562. The molecule has 7 heteroatoms. The summed E-state index contributed by atoms with van der Waals surface area (Å²) >= 11 is 6.93. The van der Waals surface area contributed by atoms with Crippen molar-refractivity contribution in [3.8, 4) is 10.7 Å². The number of carbonyl (C=O) groups excluding carboxylic acids is 1. The van der Waals surface area contributed by atoms with Crippen LogP contribution in [0.5, 0.6) is 0 Å². The minimum absolute atomic E-state index is 0.0130. The van der Waals surface area contributed by atoms with Gasteiger partial charge in [0.15, 0.2) is 10.6 Å². The van der Waals surface area contributed by atoms with Gasteiger partial charge in [-0.1, -0.05) is 25.8 Å². The van der Waals surface area contributed by atoms with E-state index in [0.29, 0.717) is 10.7 Å². The number of nitrogens with one attached hydrogen (secondary N) is 2. The molecule has 0 radical (unpaired) electrons. The van der Waals surface area contributed by atoms with Gasteiger partial charge in [0.2, 0.25) is 5.91 Å². The van der Waals surface area contributed by atoms with E-state index in [1.165, 1.54) is 19.3 Å². The first kappa shape index (κ1) is 16.4. The summed E-state index contributed by atoms with van der Waals surface area (Å²) in [6.07, 6.45) is 4.70. The van der Waals surface area contributed by atoms with E-state index in [1.807, 2.05) is 29.0 Å². The van der Waals surface area contributed by atoms with Gasteiger partial charge in [0.25, 0.3) is 0 Å². The molecule has 0 unspecified atom stereocenters. The highest BCUT2D eigenvalue weighted by Gasteiger charge is 2.27. The zero-order chi connectivity index (χ0) is 16.4. The summed E-state index contributed by atoms with van der Waals surface area (Å²) in [4.78, 5) is 13.7. The van der Waals surface area contributed by atoms with Crippen LogP contribution in [0.15, 0.2) is 17.5 Å². The molecular weight excluding hydrogens is 328 g/mol. The number of aromatic nitrogens is 3. The first-order chi connectivity index (χ1) is 11.1. The van der Waals surface area contributed by atoms with Crippen molar-refractivity contribution in [2.45, 2.75) is 51.6 Å².